The molecule has 0 bridgehead atoms. The van der Waals surface area contributed by atoms with Crippen LogP contribution in [0.1, 0.15) is 83.4 Å². The highest BCUT2D eigenvalue weighted by Crippen LogP contribution is 2.32. The van der Waals surface area contributed by atoms with Crippen molar-refractivity contribution in [3.63, 3.8) is 0 Å². The van der Waals surface area contributed by atoms with Crippen LogP contribution in [-0.4, -0.2) is 6.04 Å². The van der Waals surface area contributed by atoms with Gasteiger partial charge in [-0.1, -0.05) is 52.8 Å². The van der Waals surface area contributed by atoms with E-state index < -0.39 is 0 Å². The first-order chi connectivity index (χ1) is 9.29. The normalized spacial score (nSPS) is 15.2. The molecule has 0 aliphatic carbocycles. The van der Waals surface area contributed by atoms with Gasteiger partial charge in [0.2, 0.25) is 0 Å². The van der Waals surface area contributed by atoms with E-state index in [1.807, 2.05) is 0 Å². The molecule has 2 N–H and O–H groups in total. The van der Waals surface area contributed by atoms with Crippen LogP contribution < -0.4 is 5.73 Å². The molecule has 0 aliphatic heterocycles. The van der Waals surface area contributed by atoms with Crippen molar-refractivity contribution < 1.29 is 0 Å². The van der Waals surface area contributed by atoms with Gasteiger partial charge in [0.25, 0.3) is 0 Å². The average molecular weight is 275 g/mol. The van der Waals surface area contributed by atoms with Crippen LogP contribution in [0.5, 0.6) is 0 Å². The van der Waals surface area contributed by atoms with Crippen LogP contribution in [0.25, 0.3) is 0 Å². The second-order valence-electron chi connectivity index (χ2n) is 7.18. The molecule has 0 saturated heterocycles. The SMILES string of the molecule is CCc1ccc(C(C)(C)C)cc1C(CC)CCC(C)N. The predicted molar refractivity (Wildman–Crippen MR) is 90.4 cm³/mol. The van der Waals surface area contributed by atoms with Gasteiger partial charge in [-0.3, -0.25) is 0 Å². The van der Waals surface area contributed by atoms with Gasteiger partial charge in [0, 0.05) is 6.04 Å². The van der Waals surface area contributed by atoms with Gasteiger partial charge in [0.15, 0.2) is 0 Å². The van der Waals surface area contributed by atoms with E-state index in [9.17, 15) is 0 Å². The number of rotatable bonds is 6. The van der Waals surface area contributed by atoms with Gasteiger partial charge in [-0.05, 0) is 60.6 Å². The summed E-state index contributed by atoms with van der Waals surface area (Å²) in [5, 5.41) is 0. The van der Waals surface area contributed by atoms with Crippen molar-refractivity contribution in [3.8, 4) is 0 Å². The van der Waals surface area contributed by atoms with Gasteiger partial charge in [-0.2, -0.15) is 0 Å². The first-order valence-electron chi connectivity index (χ1n) is 8.18. The summed E-state index contributed by atoms with van der Waals surface area (Å²) in [4.78, 5) is 0. The van der Waals surface area contributed by atoms with Gasteiger partial charge < -0.3 is 5.73 Å². The molecule has 1 aromatic carbocycles. The summed E-state index contributed by atoms with van der Waals surface area (Å²) in [5.74, 6) is 0.651. The molecule has 0 heterocycles. The molecule has 20 heavy (non-hydrogen) atoms. The third-order valence-corrected chi connectivity index (χ3v) is 4.30. The Bertz CT molecular complexity index is 412. The first-order valence-corrected chi connectivity index (χ1v) is 8.18. The first kappa shape index (κ1) is 17.2. The fourth-order valence-electron chi connectivity index (χ4n) is 2.81. The lowest BCUT2D eigenvalue weighted by Gasteiger charge is -2.25. The minimum atomic E-state index is 0.223. The quantitative estimate of drug-likeness (QED) is 0.761. The van der Waals surface area contributed by atoms with Crippen LogP contribution in [0.4, 0.5) is 0 Å². The minimum absolute atomic E-state index is 0.223. The van der Waals surface area contributed by atoms with Gasteiger partial charge in [0.1, 0.15) is 0 Å². The fourth-order valence-corrected chi connectivity index (χ4v) is 2.81. The highest BCUT2D eigenvalue weighted by molar-refractivity contribution is 5.37. The molecule has 0 fully saturated rings. The van der Waals surface area contributed by atoms with Crippen molar-refractivity contribution in [3.05, 3.63) is 34.9 Å². The lowest BCUT2D eigenvalue weighted by Crippen LogP contribution is -2.17. The highest BCUT2D eigenvalue weighted by Gasteiger charge is 2.19. The molecule has 0 radical (unpaired) electrons. The van der Waals surface area contributed by atoms with Crippen LogP contribution in [0.2, 0.25) is 0 Å². The minimum Gasteiger partial charge on any atom is -0.328 e. The van der Waals surface area contributed by atoms with Crippen LogP contribution in [0, 0.1) is 0 Å². The molecular formula is C19H33N. The van der Waals surface area contributed by atoms with E-state index in [-0.39, 0.29) is 5.41 Å². The van der Waals surface area contributed by atoms with Crippen LogP contribution >= 0.6 is 0 Å². The molecule has 114 valence electrons. The van der Waals surface area contributed by atoms with E-state index in [0.29, 0.717) is 12.0 Å². The van der Waals surface area contributed by atoms with E-state index >= 15 is 0 Å². The molecule has 1 heteroatoms. The number of nitrogens with two attached hydrogens (primary N) is 1. The average Bonchev–Trinajstić information content (AvgIpc) is 2.37. The Morgan fingerprint density at radius 1 is 1.10 bits per heavy atom. The molecular weight excluding hydrogens is 242 g/mol. The number of hydrogen-bond donors (Lipinski definition) is 1. The van der Waals surface area contributed by atoms with Crippen LogP contribution in [0.3, 0.4) is 0 Å². The van der Waals surface area contributed by atoms with E-state index in [4.69, 9.17) is 5.73 Å². The molecule has 0 amide bonds. The summed E-state index contributed by atoms with van der Waals surface area (Å²) >= 11 is 0. The summed E-state index contributed by atoms with van der Waals surface area (Å²) in [6, 6.07) is 7.40. The molecule has 1 rings (SSSR count). The maximum atomic E-state index is 5.94. The van der Waals surface area contributed by atoms with E-state index in [0.717, 1.165) is 12.8 Å². The molecule has 0 aliphatic rings. The Labute approximate surface area is 126 Å². The van der Waals surface area contributed by atoms with E-state index in [1.165, 1.54) is 24.0 Å². The number of hydrogen-bond acceptors (Lipinski definition) is 1. The van der Waals surface area contributed by atoms with Crippen molar-refractivity contribution >= 4 is 0 Å². The van der Waals surface area contributed by atoms with Crippen molar-refractivity contribution in [2.45, 2.75) is 84.6 Å². The Balaban J connectivity index is 3.10. The summed E-state index contributed by atoms with van der Waals surface area (Å²) in [7, 11) is 0. The zero-order valence-electron chi connectivity index (χ0n) is 14.3. The van der Waals surface area contributed by atoms with E-state index in [2.05, 4.69) is 59.7 Å². The van der Waals surface area contributed by atoms with Crippen molar-refractivity contribution in [1.82, 2.24) is 0 Å². The summed E-state index contributed by atoms with van der Waals surface area (Å²) in [6.07, 6.45) is 4.64. The predicted octanol–water partition coefficient (Wildman–Crippen LogP) is 5.17. The third kappa shape index (κ3) is 4.63. The van der Waals surface area contributed by atoms with Gasteiger partial charge >= 0.3 is 0 Å². The number of aryl methyl sites for hydroxylation is 1. The lowest BCUT2D eigenvalue weighted by atomic mass is 9.80. The van der Waals surface area contributed by atoms with Gasteiger partial charge in [-0.15, -0.1) is 0 Å². The Morgan fingerprint density at radius 3 is 2.20 bits per heavy atom. The second-order valence-corrected chi connectivity index (χ2v) is 7.18. The van der Waals surface area contributed by atoms with Gasteiger partial charge in [-0.25, -0.2) is 0 Å². The molecule has 2 unspecified atom stereocenters. The maximum Gasteiger partial charge on any atom is 0.00106 e. The molecule has 0 spiro atoms. The molecule has 2 atom stereocenters. The summed E-state index contributed by atoms with van der Waals surface area (Å²) < 4.78 is 0. The Morgan fingerprint density at radius 2 is 1.75 bits per heavy atom. The van der Waals surface area contributed by atoms with Crippen molar-refractivity contribution in [2.75, 3.05) is 0 Å². The second kappa shape index (κ2) is 7.26. The molecule has 1 nitrogen and oxygen atoms in total. The maximum absolute atomic E-state index is 5.94. The van der Waals surface area contributed by atoms with E-state index in [1.54, 1.807) is 5.56 Å². The van der Waals surface area contributed by atoms with Gasteiger partial charge in [0.05, 0.1) is 0 Å². The topological polar surface area (TPSA) is 26.0 Å². The standard InChI is InChI=1S/C19H33N/c1-7-15(10-9-14(3)20)18-13-17(19(4,5)6)12-11-16(18)8-2/h11-15H,7-10,20H2,1-6H3. The Kier molecular flexibility index (Phi) is 6.26. The van der Waals surface area contributed by atoms with Crippen molar-refractivity contribution in [2.24, 2.45) is 5.73 Å². The van der Waals surface area contributed by atoms with Crippen LogP contribution in [0.15, 0.2) is 18.2 Å². The van der Waals surface area contributed by atoms with Crippen molar-refractivity contribution in [1.29, 1.82) is 0 Å². The molecule has 1 aromatic rings. The highest BCUT2D eigenvalue weighted by atomic mass is 14.6. The van der Waals surface area contributed by atoms with Crippen LogP contribution in [-0.2, 0) is 11.8 Å². The zero-order valence-corrected chi connectivity index (χ0v) is 14.3. The largest absolute Gasteiger partial charge is 0.328 e. The third-order valence-electron chi connectivity index (χ3n) is 4.30. The smallest absolute Gasteiger partial charge is 0.00106 e. The Hall–Kier alpha value is -0.820. The zero-order chi connectivity index (χ0) is 15.3. The summed E-state index contributed by atoms with van der Waals surface area (Å²) in [5.41, 5.74) is 10.7. The number of benzene rings is 1. The summed E-state index contributed by atoms with van der Waals surface area (Å²) in [6.45, 7) is 13.5. The fraction of sp³-hybridized carbons (Fsp3) is 0.684. The lowest BCUT2D eigenvalue weighted by molar-refractivity contribution is 0.526. The molecule has 0 aromatic heterocycles. The molecule has 0 saturated carbocycles. The monoisotopic (exact) mass is 275 g/mol.